The van der Waals surface area contributed by atoms with Gasteiger partial charge in [-0.25, -0.2) is 9.97 Å². The van der Waals surface area contributed by atoms with Gasteiger partial charge in [-0.3, -0.25) is 4.79 Å². The summed E-state index contributed by atoms with van der Waals surface area (Å²) in [5.41, 5.74) is 1.51. The lowest BCUT2D eigenvalue weighted by molar-refractivity contribution is 0.111. The van der Waals surface area contributed by atoms with Crippen LogP contribution in [0.2, 0.25) is 10.0 Å². The smallest absolute Gasteiger partial charge is 0.169 e. The molecule has 0 saturated heterocycles. The third-order valence-electron chi connectivity index (χ3n) is 2.07. The third-order valence-corrected chi connectivity index (χ3v) is 2.64. The molecule has 0 fully saturated rings. The third kappa shape index (κ3) is 2.05. The van der Waals surface area contributed by atoms with Crippen LogP contribution < -0.4 is 0 Å². The molecule has 0 spiro atoms. The molecule has 0 atom stereocenters. The first-order chi connectivity index (χ1) is 7.72. The molecule has 0 amide bonds. The number of benzene rings is 1. The van der Waals surface area contributed by atoms with Gasteiger partial charge in [0.2, 0.25) is 0 Å². The Morgan fingerprint density at radius 2 is 2.00 bits per heavy atom. The fourth-order valence-corrected chi connectivity index (χ4v) is 1.74. The average Bonchev–Trinajstić information content (AvgIpc) is 2.32. The molecule has 2 aromatic rings. The molecule has 0 radical (unpaired) electrons. The highest BCUT2D eigenvalue weighted by Crippen LogP contribution is 2.30. The van der Waals surface area contributed by atoms with Crippen molar-refractivity contribution in [3.05, 3.63) is 46.5 Å². The van der Waals surface area contributed by atoms with Gasteiger partial charge in [0.1, 0.15) is 12.0 Å². The van der Waals surface area contributed by atoms with E-state index in [0.29, 0.717) is 33.2 Å². The number of carbonyl (C=O) groups excluding carboxylic acids is 1. The van der Waals surface area contributed by atoms with Gasteiger partial charge in [0.05, 0.1) is 0 Å². The van der Waals surface area contributed by atoms with Gasteiger partial charge < -0.3 is 0 Å². The molecule has 0 aliphatic rings. The van der Waals surface area contributed by atoms with E-state index in [2.05, 4.69) is 9.97 Å². The minimum atomic E-state index is 0.291. The molecule has 80 valence electrons. The lowest BCUT2D eigenvalue weighted by Crippen LogP contribution is -1.93. The van der Waals surface area contributed by atoms with Crippen LogP contribution >= 0.6 is 23.2 Å². The number of nitrogens with zero attached hydrogens (tertiary/aromatic N) is 2. The van der Waals surface area contributed by atoms with E-state index in [4.69, 9.17) is 23.2 Å². The zero-order valence-corrected chi connectivity index (χ0v) is 9.53. The van der Waals surface area contributed by atoms with Crippen molar-refractivity contribution in [2.24, 2.45) is 0 Å². The molecule has 3 nitrogen and oxygen atoms in total. The van der Waals surface area contributed by atoms with E-state index >= 15 is 0 Å². The molecule has 0 aliphatic carbocycles. The first kappa shape index (κ1) is 11.0. The van der Waals surface area contributed by atoms with Crippen LogP contribution in [0.1, 0.15) is 10.5 Å². The highest BCUT2D eigenvalue weighted by molar-refractivity contribution is 6.35. The highest BCUT2D eigenvalue weighted by Gasteiger charge is 2.10. The number of rotatable bonds is 2. The van der Waals surface area contributed by atoms with Crippen LogP contribution in [0.15, 0.2) is 30.7 Å². The summed E-state index contributed by atoms with van der Waals surface area (Å²) < 4.78 is 0. The standard InChI is InChI=1S/C11H6Cl2N2O/c12-7-1-2-10(13)8(3-7)9-4-14-6-15-11(9)5-16/h1-6H. The Labute approximate surface area is 102 Å². The maximum Gasteiger partial charge on any atom is 0.169 e. The van der Waals surface area contributed by atoms with Gasteiger partial charge in [-0.1, -0.05) is 23.2 Å². The maximum absolute atomic E-state index is 10.8. The summed E-state index contributed by atoms with van der Waals surface area (Å²) >= 11 is 11.9. The average molecular weight is 253 g/mol. The maximum atomic E-state index is 10.8. The molecule has 1 aromatic heterocycles. The summed E-state index contributed by atoms with van der Waals surface area (Å²) in [5.74, 6) is 0. The van der Waals surface area contributed by atoms with Gasteiger partial charge in [-0.2, -0.15) is 0 Å². The van der Waals surface area contributed by atoms with Crippen molar-refractivity contribution in [2.45, 2.75) is 0 Å². The van der Waals surface area contributed by atoms with E-state index in [0.717, 1.165) is 0 Å². The lowest BCUT2D eigenvalue weighted by Gasteiger charge is -2.05. The predicted molar refractivity (Wildman–Crippen MR) is 62.9 cm³/mol. The Bertz CT molecular complexity index is 543. The molecule has 16 heavy (non-hydrogen) atoms. The minimum Gasteiger partial charge on any atom is -0.296 e. The van der Waals surface area contributed by atoms with Crippen molar-refractivity contribution < 1.29 is 4.79 Å². The van der Waals surface area contributed by atoms with Gasteiger partial charge in [-0.15, -0.1) is 0 Å². The van der Waals surface area contributed by atoms with E-state index in [9.17, 15) is 4.79 Å². The molecule has 0 unspecified atom stereocenters. The van der Waals surface area contributed by atoms with Crippen molar-refractivity contribution in [2.75, 3.05) is 0 Å². The van der Waals surface area contributed by atoms with E-state index < -0.39 is 0 Å². The molecule has 0 N–H and O–H groups in total. The quantitative estimate of drug-likeness (QED) is 0.771. The summed E-state index contributed by atoms with van der Waals surface area (Å²) in [5, 5.41) is 1.04. The fraction of sp³-hybridized carbons (Fsp3) is 0. The highest BCUT2D eigenvalue weighted by atomic mass is 35.5. The Balaban J connectivity index is 2.66. The number of halogens is 2. The Morgan fingerprint density at radius 1 is 1.19 bits per heavy atom. The molecule has 1 aromatic carbocycles. The number of hydrogen-bond donors (Lipinski definition) is 0. The van der Waals surface area contributed by atoms with E-state index in [1.807, 2.05) is 0 Å². The Morgan fingerprint density at radius 3 is 2.75 bits per heavy atom. The topological polar surface area (TPSA) is 42.9 Å². The normalized spacial score (nSPS) is 10.1. The molecule has 1 heterocycles. The number of aldehydes is 1. The molecule has 0 bridgehead atoms. The lowest BCUT2D eigenvalue weighted by atomic mass is 10.1. The van der Waals surface area contributed by atoms with Crippen molar-refractivity contribution in [3.63, 3.8) is 0 Å². The molecular weight excluding hydrogens is 247 g/mol. The second kappa shape index (κ2) is 4.60. The number of hydrogen-bond acceptors (Lipinski definition) is 3. The van der Waals surface area contributed by atoms with Crippen LogP contribution in [0, 0.1) is 0 Å². The largest absolute Gasteiger partial charge is 0.296 e. The molecule has 5 heteroatoms. The number of aromatic nitrogens is 2. The molecular formula is C11H6Cl2N2O. The summed E-state index contributed by atoms with van der Waals surface area (Å²) in [6, 6.07) is 5.02. The zero-order chi connectivity index (χ0) is 11.5. The second-order valence-electron chi connectivity index (χ2n) is 3.06. The fourth-order valence-electron chi connectivity index (χ4n) is 1.34. The van der Waals surface area contributed by atoms with Gasteiger partial charge in [0.15, 0.2) is 6.29 Å². The second-order valence-corrected chi connectivity index (χ2v) is 3.91. The van der Waals surface area contributed by atoms with Crippen molar-refractivity contribution >= 4 is 29.5 Å². The summed E-state index contributed by atoms with van der Waals surface area (Å²) in [6.45, 7) is 0. The van der Waals surface area contributed by atoms with Crippen molar-refractivity contribution in [1.29, 1.82) is 0 Å². The zero-order valence-electron chi connectivity index (χ0n) is 8.02. The van der Waals surface area contributed by atoms with Gasteiger partial charge >= 0.3 is 0 Å². The molecule has 2 rings (SSSR count). The van der Waals surface area contributed by atoms with Crippen LogP contribution in [-0.2, 0) is 0 Å². The van der Waals surface area contributed by atoms with Gasteiger partial charge in [-0.05, 0) is 18.2 Å². The minimum absolute atomic E-state index is 0.291. The van der Waals surface area contributed by atoms with Crippen LogP contribution in [0.25, 0.3) is 11.1 Å². The first-order valence-electron chi connectivity index (χ1n) is 4.43. The summed E-state index contributed by atoms with van der Waals surface area (Å²) in [7, 11) is 0. The monoisotopic (exact) mass is 252 g/mol. The first-order valence-corrected chi connectivity index (χ1v) is 5.18. The van der Waals surface area contributed by atoms with Crippen molar-refractivity contribution in [1.82, 2.24) is 9.97 Å². The Hall–Kier alpha value is -1.45. The van der Waals surface area contributed by atoms with Crippen molar-refractivity contribution in [3.8, 4) is 11.1 Å². The molecule has 0 aliphatic heterocycles. The van der Waals surface area contributed by atoms with E-state index in [1.54, 1.807) is 18.2 Å². The van der Waals surface area contributed by atoms with Crippen LogP contribution in [0.4, 0.5) is 0 Å². The Kier molecular flexibility index (Phi) is 3.17. The SMILES string of the molecule is O=Cc1ncncc1-c1cc(Cl)ccc1Cl. The predicted octanol–water partition coefficient (Wildman–Crippen LogP) is 3.26. The number of carbonyl (C=O) groups is 1. The summed E-state index contributed by atoms with van der Waals surface area (Å²) in [4.78, 5) is 18.6. The van der Waals surface area contributed by atoms with Crippen LogP contribution in [0.3, 0.4) is 0 Å². The van der Waals surface area contributed by atoms with Gasteiger partial charge in [0, 0.05) is 27.4 Å². The van der Waals surface area contributed by atoms with Gasteiger partial charge in [0.25, 0.3) is 0 Å². The van der Waals surface area contributed by atoms with E-state index in [1.165, 1.54) is 12.5 Å². The summed E-state index contributed by atoms with van der Waals surface area (Å²) in [6.07, 6.45) is 3.51. The van der Waals surface area contributed by atoms with Crippen LogP contribution in [0.5, 0.6) is 0 Å². The van der Waals surface area contributed by atoms with Crippen LogP contribution in [-0.4, -0.2) is 16.3 Å². The molecule has 0 saturated carbocycles. The van der Waals surface area contributed by atoms with E-state index in [-0.39, 0.29) is 0 Å².